The van der Waals surface area contributed by atoms with Crippen molar-refractivity contribution in [2.45, 2.75) is 30.8 Å². The summed E-state index contributed by atoms with van der Waals surface area (Å²) in [6, 6.07) is 15.8. The molecule has 0 aliphatic heterocycles. The first kappa shape index (κ1) is 14.2. The van der Waals surface area contributed by atoms with E-state index in [1.807, 2.05) is 36.4 Å². The standard InChI is InChI=1S/C18H18O2S/c1-13-4-2-7-17(10-13)21-12-18(19)14-5-3-6-16(11-14)20-15-8-9-15/h2-7,10-11,15H,8-9,12H2,1H3. The summed E-state index contributed by atoms with van der Waals surface area (Å²) >= 11 is 1.58. The van der Waals surface area contributed by atoms with Crippen molar-refractivity contribution >= 4 is 17.5 Å². The van der Waals surface area contributed by atoms with Crippen molar-refractivity contribution in [1.82, 2.24) is 0 Å². The summed E-state index contributed by atoms with van der Waals surface area (Å²) in [6.07, 6.45) is 2.61. The Morgan fingerprint density at radius 3 is 2.76 bits per heavy atom. The molecule has 108 valence electrons. The number of hydrogen-bond donors (Lipinski definition) is 0. The molecule has 3 heteroatoms. The van der Waals surface area contributed by atoms with Crippen molar-refractivity contribution < 1.29 is 9.53 Å². The van der Waals surface area contributed by atoms with Crippen LogP contribution in [0.25, 0.3) is 0 Å². The molecule has 0 amide bonds. The molecule has 0 saturated heterocycles. The monoisotopic (exact) mass is 298 g/mol. The number of carbonyl (C=O) groups excluding carboxylic acids is 1. The Bertz CT molecular complexity index is 647. The van der Waals surface area contributed by atoms with Gasteiger partial charge in [-0.05, 0) is 44.0 Å². The summed E-state index contributed by atoms with van der Waals surface area (Å²) in [5, 5.41) is 0. The number of hydrogen-bond acceptors (Lipinski definition) is 3. The summed E-state index contributed by atoms with van der Waals surface area (Å²) in [5.41, 5.74) is 1.94. The quantitative estimate of drug-likeness (QED) is 0.580. The fourth-order valence-electron chi connectivity index (χ4n) is 2.06. The fraction of sp³-hybridized carbons (Fsp3) is 0.278. The number of ketones is 1. The predicted molar refractivity (Wildman–Crippen MR) is 86.3 cm³/mol. The lowest BCUT2D eigenvalue weighted by atomic mass is 10.1. The predicted octanol–water partition coefficient (Wildman–Crippen LogP) is 4.51. The van der Waals surface area contributed by atoms with Gasteiger partial charge in [0.2, 0.25) is 0 Å². The average Bonchev–Trinajstić information content (AvgIpc) is 3.29. The van der Waals surface area contributed by atoms with E-state index in [0.29, 0.717) is 11.9 Å². The number of ether oxygens (including phenoxy) is 1. The third kappa shape index (κ3) is 4.11. The van der Waals surface area contributed by atoms with Crippen molar-refractivity contribution in [3.05, 3.63) is 59.7 Å². The first-order valence-corrected chi connectivity index (χ1v) is 8.19. The minimum atomic E-state index is 0.141. The van der Waals surface area contributed by atoms with Crippen LogP contribution in [0.5, 0.6) is 5.75 Å². The molecule has 1 saturated carbocycles. The summed E-state index contributed by atoms with van der Waals surface area (Å²) in [5.74, 6) is 1.41. The molecule has 0 unspecified atom stereocenters. The van der Waals surface area contributed by atoms with Crippen LogP contribution in [0.2, 0.25) is 0 Å². The van der Waals surface area contributed by atoms with E-state index in [2.05, 4.69) is 19.1 Å². The van der Waals surface area contributed by atoms with Crippen LogP contribution in [0, 0.1) is 6.92 Å². The molecular weight excluding hydrogens is 280 g/mol. The topological polar surface area (TPSA) is 26.3 Å². The zero-order valence-corrected chi connectivity index (χ0v) is 12.9. The third-order valence-corrected chi connectivity index (χ3v) is 4.34. The van der Waals surface area contributed by atoms with E-state index in [9.17, 15) is 4.79 Å². The average molecular weight is 298 g/mol. The van der Waals surface area contributed by atoms with E-state index in [4.69, 9.17) is 4.74 Å². The molecular formula is C18H18O2S. The molecule has 0 spiro atoms. The SMILES string of the molecule is Cc1cccc(SCC(=O)c2cccc(OC3CC3)c2)c1. The molecule has 0 bridgehead atoms. The van der Waals surface area contributed by atoms with Gasteiger partial charge in [0.25, 0.3) is 0 Å². The summed E-state index contributed by atoms with van der Waals surface area (Å²) in [4.78, 5) is 13.4. The van der Waals surface area contributed by atoms with Crippen molar-refractivity contribution in [3.8, 4) is 5.75 Å². The van der Waals surface area contributed by atoms with Gasteiger partial charge >= 0.3 is 0 Å². The maximum absolute atomic E-state index is 12.3. The second kappa shape index (κ2) is 6.35. The van der Waals surface area contributed by atoms with Crippen LogP contribution in [-0.4, -0.2) is 17.6 Å². The van der Waals surface area contributed by atoms with Crippen molar-refractivity contribution in [2.75, 3.05) is 5.75 Å². The highest BCUT2D eigenvalue weighted by Gasteiger charge is 2.23. The Hall–Kier alpha value is -1.74. The van der Waals surface area contributed by atoms with Crippen LogP contribution in [0.1, 0.15) is 28.8 Å². The molecule has 0 radical (unpaired) electrons. The van der Waals surface area contributed by atoms with E-state index >= 15 is 0 Å². The van der Waals surface area contributed by atoms with Crippen LogP contribution in [0.15, 0.2) is 53.4 Å². The molecule has 0 aromatic heterocycles. The molecule has 0 atom stereocenters. The van der Waals surface area contributed by atoms with E-state index in [-0.39, 0.29) is 5.78 Å². The van der Waals surface area contributed by atoms with Crippen molar-refractivity contribution in [1.29, 1.82) is 0 Å². The molecule has 0 N–H and O–H groups in total. The molecule has 1 fully saturated rings. The molecule has 2 aromatic rings. The van der Waals surface area contributed by atoms with Crippen LogP contribution in [0.4, 0.5) is 0 Å². The van der Waals surface area contributed by atoms with Gasteiger partial charge in [0.05, 0.1) is 11.9 Å². The first-order valence-electron chi connectivity index (χ1n) is 7.20. The Balaban J connectivity index is 1.61. The second-order valence-corrected chi connectivity index (χ2v) is 6.42. The van der Waals surface area contributed by atoms with Crippen LogP contribution >= 0.6 is 11.8 Å². The number of rotatable bonds is 6. The number of carbonyl (C=O) groups is 1. The van der Waals surface area contributed by atoms with Crippen molar-refractivity contribution in [3.63, 3.8) is 0 Å². The smallest absolute Gasteiger partial charge is 0.173 e. The second-order valence-electron chi connectivity index (χ2n) is 5.37. The Morgan fingerprint density at radius 1 is 1.19 bits per heavy atom. The van der Waals surface area contributed by atoms with E-state index < -0.39 is 0 Å². The maximum Gasteiger partial charge on any atom is 0.173 e. The Labute approximate surface area is 129 Å². The molecule has 2 nitrogen and oxygen atoms in total. The number of benzene rings is 2. The van der Waals surface area contributed by atoms with E-state index in [0.717, 1.165) is 29.1 Å². The maximum atomic E-state index is 12.3. The Kier molecular flexibility index (Phi) is 4.30. The molecule has 2 aromatic carbocycles. The van der Waals surface area contributed by atoms with Gasteiger partial charge in [-0.1, -0.05) is 29.8 Å². The van der Waals surface area contributed by atoms with Gasteiger partial charge in [-0.3, -0.25) is 4.79 Å². The highest BCUT2D eigenvalue weighted by atomic mass is 32.2. The van der Waals surface area contributed by atoms with Crippen molar-refractivity contribution in [2.24, 2.45) is 0 Å². The van der Waals surface area contributed by atoms with E-state index in [1.54, 1.807) is 11.8 Å². The van der Waals surface area contributed by atoms with Gasteiger partial charge in [0.15, 0.2) is 5.78 Å². The number of Topliss-reactive ketones (excluding diaryl/α,β-unsaturated/α-hetero) is 1. The highest BCUT2D eigenvalue weighted by molar-refractivity contribution is 8.00. The lowest BCUT2D eigenvalue weighted by Gasteiger charge is -2.06. The zero-order valence-electron chi connectivity index (χ0n) is 12.0. The van der Waals surface area contributed by atoms with Gasteiger partial charge in [0.1, 0.15) is 5.75 Å². The lowest BCUT2D eigenvalue weighted by Crippen LogP contribution is -2.03. The largest absolute Gasteiger partial charge is 0.490 e. The molecule has 3 rings (SSSR count). The first-order chi connectivity index (χ1) is 10.2. The minimum absolute atomic E-state index is 0.141. The summed E-state index contributed by atoms with van der Waals surface area (Å²) in [6.45, 7) is 2.06. The van der Waals surface area contributed by atoms with Gasteiger partial charge in [0, 0.05) is 10.5 Å². The van der Waals surface area contributed by atoms with Crippen LogP contribution < -0.4 is 4.74 Å². The molecule has 0 heterocycles. The van der Waals surface area contributed by atoms with Gasteiger partial charge in [-0.2, -0.15) is 0 Å². The van der Waals surface area contributed by atoms with Gasteiger partial charge in [-0.15, -0.1) is 11.8 Å². The van der Waals surface area contributed by atoms with Crippen LogP contribution in [0.3, 0.4) is 0 Å². The molecule has 1 aliphatic carbocycles. The van der Waals surface area contributed by atoms with Gasteiger partial charge < -0.3 is 4.74 Å². The van der Waals surface area contributed by atoms with Crippen LogP contribution in [-0.2, 0) is 0 Å². The third-order valence-electron chi connectivity index (χ3n) is 3.34. The van der Waals surface area contributed by atoms with E-state index in [1.165, 1.54) is 5.56 Å². The minimum Gasteiger partial charge on any atom is -0.490 e. The molecule has 1 aliphatic rings. The highest BCUT2D eigenvalue weighted by Crippen LogP contribution is 2.27. The summed E-state index contributed by atoms with van der Waals surface area (Å²) in [7, 11) is 0. The number of aryl methyl sites for hydroxylation is 1. The number of thioether (sulfide) groups is 1. The lowest BCUT2D eigenvalue weighted by molar-refractivity contribution is 0.102. The summed E-state index contributed by atoms with van der Waals surface area (Å²) < 4.78 is 5.74. The Morgan fingerprint density at radius 2 is 2.00 bits per heavy atom. The fourth-order valence-corrected chi connectivity index (χ4v) is 2.97. The van der Waals surface area contributed by atoms with Gasteiger partial charge in [-0.25, -0.2) is 0 Å². The molecule has 21 heavy (non-hydrogen) atoms. The normalized spacial score (nSPS) is 14.0. The zero-order chi connectivity index (χ0) is 14.7.